The van der Waals surface area contributed by atoms with Crippen LogP contribution in [0.15, 0.2) is 47.5 Å². The summed E-state index contributed by atoms with van der Waals surface area (Å²) in [6, 6.07) is 12.2. The van der Waals surface area contributed by atoms with Gasteiger partial charge in [0.1, 0.15) is 5.82 Å². The zero-order valence-electron chi connectivity index (χ0n) is 16.8. The van der Waals surface area contributed by atoms with Crippen LogP contribution in [0.5, 0.6) is 0 Å². The Morgan fingerprint density at radius 1 is 1.14 bits per heavy atom. The number of rotatable bonds is 7. The van der Waals surface area contributed by atoms with Gasteiger partial charge in [-0.2, -0.15) is 0 Å². The number of benzene rings is 2. The van der Waals surface area contributed by atoms with Crippen LogP contribution < -0.4 is 10.6 Å². The number of carbonyl (C=O) groups excluding carboxylic acids is 1. The van der Waals surface area contributed by atoms with Gasteiger partial charge in [-0.05, 0) is 48.7 Å². The van der Waals surface area contributed by atoms with Gasteiger partial charge in [-0.25, -0.2) is 9.38 Å². The number of halogens is 3. The number of hydrogen-bond donors (Lipinski definition) is 2. The van der Waals surface area contributed by atoms with Crippen molar-refractivity contribution in [2.75, 3.05) is 27.2 Å². The van der Waals surface area contributed by atoms with E-state index in [0.717, 1.165) is 24.1 Å². The van der Waals surface area contributed by atoms with Gasteiger partial charge >= 0.3 is 0 Å². The van der Waals surface area contributed by atoms with E-state index in [2.05, 4.69) is 15.6 Å². The van der Waals surface area contributed by atoms with Gasteiger partial charge in [0, 0.05) is 32.7 Å². The average molecular weight is 533 g/mol. The number of guanidine groups is 1. The molecule has 0 bridgehead atoms. The number of carbonyl (C=O) groups is 1. The van der Waals surface area contributed by atoms with Gasteiger partial charge < -0.3 is 15.5 Å². The standard InChI is InChI=1S/C21H26ClFN4O.HI/c1-4-24-21(26-14-16-8-9-19(23)18(22)13-16)25-11-10-15-6-5-7-17(12-15)20(28)27(2)3;/h5-9,12-13H,4,10-11,14H2,1-3H3,(H2,24,25,26);1H. The fraction of sp³-hybridized carbons (Fsp3) is 0.333. The molecular formula is C21H27ClFIN4O. The van der Waals surface area contributed by atoms with E-state index in [4.69, 9.17) is 11.6 Å². The maximum Gasteiger partial charge on any atom is 0.253 e. The molecule has 0 saturated heterocycles. The zero-order valence-corrected chi connectivity index (χ0v) is 19.9. The Balaban J connectivity index is 0.00000420. The first-order chi connectivity index (χ1) is 13.4. The molecule has 0 atom stereocenters. The summed E-state index contributed by atoms with van der Waals surface area (Å²) in [6.07, 6.45) is 0.751. The smallest absolute Gasteiger partial charge is 0.253 e. The van der Waals surface area contributed by atoms with E-state index in [1.807, 2.05) is 31.2 Å². The first-order valence-corrected chi connectivity index (χ1v) is 9.55. The summed E-state index contributed by atoms with van der Waals surface area (Å²) in [6.45, 7) is 3.77. The van der Waals surface area contributed by atoms with E-state index in [0.29, 0.717) is 24.6 Å². The van der Waals surface area contributed by atoms with Crippen LogP contribution in [0, 0.1) is 5.82 Å². The van der Waals surface area contributed by atoms with Crippen molar-refractivity contribution in [1.82, 2.24) is 15.5 Å². The third-order valence-electron chi connectivity index (χ3n) is 4.03. The minimum Gasteiger partial charge on any atom is -0.357 e. The lowest BCUT2D eigenvalue weighted by Gasteiger charge is -2.13. The quantitative estimate of drug-likeness (QED) is 0.321. The number of nitrogens with one attached hydrogen (secondary N) is 2. The van der Waals surface area contributed by atoms with E-state index in [9.17, 15) is 9.18 Å². The number of hydrogen-bond acceptors (Lipinski definition) is 2. The topological polar surface area (TPSA) is 56.7 Å². The molecule has 2 N–H and O–H groups in total. The second-order valence-electron chi connectivity index (χ2n) is 6.52. The molecule has 2 aromatic carbocycles. The van der Waals surface area contributed by atoms with E-state index >= 15 is 0 Å². The highest BCUT2D eigenvalue weighted by atomic mass is 127. The number of amides is 1. The lowest BCUT2D eigenvalue weighted by molar-refractivity contribution is 0.0827. The predicted octanol–water partition coefficient (Wildman–Crippen LogP) is 4.10. The number of aliphatic imine (C=N–C) groups is 1. The van der Waals surface area contributed by atoms with Gasteiger partial charge in [-0.3, -0.25) is 4.79 Å². The Bertz CT molecular complexity index is 845. The van der Waals surface area contributed by atoms with E-state index in [-0.39, 0.29) is 34.9 Å². The van der Waals surface area contributed by atoms with Gasteiger partial charge in [0.05, 0.1) is 11.6 Å². The monoisotopic (exact) mass is 532 g/mol. The van der Waals surface area contributed by atoms with Crippen molar-refractivity contribution >= 4 is 47.4 Å². The molecule has 8 heteroatoms. The molecule has 0 radical (unpaired) electrons. The predicted molar refractivity (Wildman–Crippen MR) is 128 cm³/mol. The third kappa shape index (κ3) is 8.18. The molecule has 0 unspecified atom stereocenters. The molecule has 0 aromatic heterocycles. The Morgan fingerprint density at radius 2 is 1.90 bits per heavy atom. The maximum atomic E-state index is 13.3. The fourth-order valence-electron chi connectivity index (χ4n) is 2.59. The summed E-state index contributed by atoms with van der Waals surface area (Å²) in [4.78, 5) is 18.1. The molecule has 0 spiro atoms. The molecule has 0 aliphatic rings. The van der Waals surface area contributed by atoms with Crippen molar-refractivity contribution < 1.29 is 9.18 Å². The van der Waals surface area contributed by atoms with E-state index in [1.54, 1.807) is 31.1 Å². The van der Waals surface area contributed by atoms with Crippen molar-refractivity contribution in [1.29, 1.82) is 0 Å². The lowest BCUT2D eigenvalue weighted by Crippen LogP contribution is -2.38. The van der Waals surface area contributed by atoms with Crippen LogP contribution in [0.1, 0.15) is 28.4 Å². The largest absolute Gasteiger partial charge is 0.357 e. The SMILES string of the molecule is CCNC(=NCc1ccc(F)c(Cl)c1)NCCc1cccc(C(=O)N(C)C)c1.I. The highest BCUT2D eigenvalue weighted by Crippen LogP contribution is 2.16. The van der Waals surface area contributed by atoms with Gasteiger partial charge in [0.15, 0.2) is 5.96 Å². The molecule has 0 saturated carbocycles. The van der Waals surface area contributed by atoms with E-state index in [1.165, 1.54) is 6.07 Å². The van der Waals surface area contributed by atoms with Crippen molar-refractivity contribution in [3.8, 4) is 0 Å². The van der Waals surface area contributed by atoms with Crippen LogP contribution in [0.25, 0.3) is 0 Å². The first-order valence-electron chi connectivity index (χ1n) is 9.17. The summed E-state index contributed by atoms with van der Waals surface area (Å²) in [5.74, 6) is 0.223. The van der Waals surface area contributed by atoms with Crippen LogP contribution in [0.3, 0.4) is 0 Å². The minimum atomic E-state index is -0.436. The molecule has 2 aromatic rings. The zero-order chi connectivity index (χ0) is 20.5. The van der Waals surface area contributed by atoms with Gasteiger partial charge in [0.25, 0.3) is 5.91 Å². The molecule has 29 heavy (non-hydrogen) atoms. The Hall–Kier alpha value is -1.87. The molecule has 158 valence electrons. The maximum absolute atomic E-state index is 13.3. The van der Waals surface area contributed by atoms with Gasteiger partial charge in [-0.1, -0.05) is 29.8 Å². The summed E-state index contributed by atoms with van der Waals surface area (Å²) in [7, 11) is 3.48. The average Bonchev–Trinajstić information content (AvgIpc) is 2.68. The van der Waals surface area contributed by atoms with Gasteiger partial charge in [0.2, 0.25) is 0 Å². The van der Waals surface area contributed by atoms with Crippen LogP contribution >= 0.6 is 35.6 Å². The Kier molecular flexibility index (Phi) is 11.0. The normalized spacial score (nSPS) is 10.9. The van der Waals surface area contributed by atoms with Crippen molar-refractivity contribution in [3.05, 3.63) is 70.0 Å². The summed E-state index contributed by atoms with van der Waals surface area (Å²) < 4.78 is 13.3. The van der Waals surface area contributed by atoms with Crippen LogP contribution in [-0.2, 0) is 13.0 Å². The highest BCUT2D eigenvalue weighted by Gasteiger charge is 2.08. The summed E-state index contributed by atoms with van der Waals surface area (Å²) >= 11 is 5.81. The third-order valence-corrected chi connectivity index (χ3v) is 4.32. The minimum absolute atomic E-state index is 0. The second kappa shape index (κ2) is 12.6. The van der Waals surface area contributed by atoms with Crippen molar-refractivity contribution in [2.24, 2.45) is 4.99 Å². The molecule has 0 fully saturated rings. The second-order valence-corrected chi connectivity index (χ2v) is 6.93. The van der Waals surface area contributed by atoms with Gasteiger partial charge in [-0.15, -0.1) is 24.0 Å². The van der Waals surface area contributed by atoms with E-state index < -0.39 is 5.82 Å². The molecular weight excluding hydrogens is 506 g/mol. The molecule has 0 aliphatic heterocycles. The Labute approximate surface area is 193 Å². The van der Waals surface area contributed by atoms with Crippen molar-refractivity contribution in [3.63, 3.8) is 0 Å². The van der Waals surface area contributed by atoms with Crippen LogP contribution in [0.4, 0.5) is 4.39 Å². The lowest BCUT2D eigenvalue weighted by atomic mass is 10.1. The molecule has 1 amide bonds. The number of nitrogens with zero attached hydrogens (tertiary/aromatic N) is 2. The van der Waals surface area contributed by atoms with Crippen LogP contribution in [0.2, 0.25) is 5.02 Å². The summed E-state index contributed by atoms with van der Waals surface area (Å²) in [5, 5.41) is 6.55. The fourth-order valence-corrected chi connectivity index (χ4v) is 2.80. The summed E-state index contributed by atoms with van der Waals surface area (Å²) in [5.41, 5.74) is 2.58. The Morgan fingerprint density at radius 3 is 2.55 bits per heavy atom. The molecule has 0 heterocycles. The van der Waals surface area contributed by atoms with Crippen LogP contribution in [-0.4, -0.2) is 44.0 Å². The van der Waals surface area contributed by atoms with Crippen molar-refractivity contribution in [2.45, 2.75) is 19.9 Å². The molecule has 2 rings (SSSR count). The highest BCUT2D eigenvalue weighted by molar-refractivity contribution is 14.0. The first kappa shape index (κ1) is 25.2. The molecule has 0 aliphatic carbocycles. The molecule has 5 nitrogen and oxygen atoms in total.